The molecule has 19 heavy (non-hydrogen) atoms. The largest absolute Gasteiger partial charge is 0.507 e. The van der Waals surface area contributed by atoms with Gasteiger partial charge in [-0.15, -0.1) is 0 Å². The smallest absolute Gasteiger partial charge is 0.416 e. The molecule has 110 valence electrons. The summed E-state index contributed by atoms with van der Waals surface area (Å²) in [4.78, 5) is 0. The Labute approximate surface area is 128 Å². The number of benzene rings is 1. The molecule has 1 N–H and O–H groups in total. The highest BCUT2D eigenvalue weighted by molar-refractivity contribution is 9.28. The van der Waals surface area contributed by atoms with Gasteiger partial charge in [0.2, 0.25) is 0 Å². The average molecular weight is 406 g/mol. The van der Waals surface area contributed by atoms with E-state index in [0.29, 0.717) is 15.0 Å². The molecule has 0 radical (unpaired) electrons. The van der Waals surface area contributed by atoms with Crippen LogP contribution >= 0.6 is 31.9 Å². The lowest BCUT2D eigenvalue weighted by Crippen LogP contribution is -2.04. The summed E-state index contributed by atoms with van der Waals surface area (Å²) >= 11 is 6.10. The van der Waals surface area contributed by atoms with E-state index in [2.05, 4.69) is 31.9 Å². The van der Waals surface area contributed by atoms with Crippen LogP contribution in [-0.4, -0.2) is 5.11 Å². The van der Waals surface area contributed by atoms with Crippen molar-refractivity contribution in [2.45, 2.75) is 33.9 Å². The van der Waals surface area contributed by atoms with Crippen LogP contribution in [0.1, 0.15) is 38.8 Å². The molecular formula is C13H17Br2F3O. The highest BCUT2D eigenvalue weighted by Gasteiger charge is 2.30. The Hall–Kier alpha value is -0.490. The van der Waals surface area contributed by atoms with Gasteiger partial charge in [-0.05, 0) is 50.1 Å². The van der Waals surface area contributed by atoms with Gasteiger partial charge in [0, 0.05) is 5.56 Å². The fourth-order valence-electron chi connectivity index (χ4n) is 0.960. The average Bonchev–Trinajstić information content (AvgIpc) is 2.35. The molecule has 0 aliphatic heterocycles. The Morgan fingerprint density at radius 3 is 1.89 bits per heavy atom. The van der Waals surface area contributed by atoms with Crippen LogP contribution in [0.4, 0.5) is 13.2 Å². The van der Waals surface area contributed by atoms with Gasteiger partial charge in [-0.25, -0.2) is 0 Å². The summed E-state index contributed by atoms with van der Waals surface area (Å²) in [5.41, 5.74) is -0.574. The second-order valence-electron chi connectivity index (χ2n) is 2.71. The standard InChI is InChI=1S/C9H5Br2F3O.2C2H6/c10-8(11)3-5-1-2-6(4-7(5)15)9(12,13)14;2*1-2/h1-4,15H;2*1-2H3. The molecular weight excluding hydrogens is 389 g/mol. The summed E-state index contributed by atoms with van der Waals surface area (Å²) in [7, 11) is 0. The van der Waals surface area contributed by atoms with Crippen LogP contribution in [0.25, 0.3) is 6.08 Å². The van der Waals surface area contributed by atoms with Gasteiger partial charge >= 0.3 is 6.18 Å². The maximum absolute atomic E-state index is 12.2. The van der Waals surface area contributed by atoms with E-state index in [4.69, 9.17) is 0 Å². The Kier molecular flexibility index (Phi) is 11.3. The molecule has 1 rings (SSSR count). The lowest BCUT2D eigenvalue weighted by atomic mass is 10.1. The van der Waals surface area contributed by atoms with E-state index in [1.54, 1.807) is 0 Å². The minimum Gasteiger partial charge on any atom is -0.507 e. The first-order valence-electron chi connectivity index (χ1n) is 5.73. The molecule has 0 unspecified atom stereocenters. The van der Waals surface area contributed by atoms with Crippen molar-refractivity contribution >= 4 is 37.9 Å². The first-order chi connectivity index (χ1) is 8.80. The van der Waals surface area contributed by atoms with Gasteiger partial charge in [0.25, 0.3) is 0 Å². The fourth-order valence-corrected chi connectivity index (χ4v) is 1.45. The molecule has 0 amide bonds. The van der Waals surface area contributed by atoms with Crippen LogP contribution in [0.2, 0.25) is 0 Å². The van der Waals surface area contributed by atoms with Crippen molar-refractivity contribution in [3.8, 4) is 5.75 Å². The monoisotopic (exact) mass is 404 g/mol. The molecule has 6 heteroatoms. The minimum absolute atomic E-state index is 0.298. The predicted molar refractivity (Wildman–Crippen MR) is 81.6 cm³/mol. The second-order valence-corrected chi connectivity index (χ2v) is 5.48. The van der Waals surface area contributed by atoms with Crippen LogP contribution in [0, 0.1) is 0 Å². The molecule has 0 bridgehead atoms. The zero-order valence-electron chi connectivity index (χ0n) is 11.1. The molecule has 0 atom stereocenters. The number of hydrogen-bond acceptors (Lipinski definition) is 1. The van der Waals surface area contributed by atoms with Crippen LogP contribution in [0.3, 0.4) is 0 Å². The first-order valence-corrected chi connectivity index (χ1v) is 7.32. The van der Waals surface area contributed by atoms with Crippen molar-refractivity contribution in [3.63, 3.8) is 0 Å². The lowest BCUT2D eigenvalue weighted by molar-refractivity contribution is -0.137. The minimum atomic E-state index is -4.44. The van der Waals surface area contributed by atoms with Gasteiger partial charge in [0.05, 0.1) is 8.96 Å². The first kappa shape index (κ1) is 20.8. The number of hydrogen-bond donors (Lipinski definition) is 1. The summed E-state index contributed by atoms with van der Waals surface area (Å²) < 4.78 is 37.2. The Morgan fingerprint density at radius 1 is 1.11 bits per heavy atom. The van der Waals surface area contributed by atoms with Crippen LogP contribution in [0.5, 0.6) is 5.75 Å². The summed E-state index contributed by atoms with van der Waals surface area (Å²) in [6.07, 6.45) is -2.99. The number of halogens is 5. The van der Waals surface area contributed by atoms with Gasteiger partial charge < -0.3 is 5.11 Å². The van der Waals surface area contributed by atoms with Crippen molar-refractivity contribution in [1.82, 2.24) is 0 Å². The highest BCUT2D eigenvalue weighted by atomic mass is 79.9. The molecule has 0 aromatic heterocycles. The van der Waals surface area contributed by atoms with Gasteiger partial charge in [-0.1, -0.05) is 33.8 Å². The van der Waals surface area contributed by atoms with Crippen molar-refractivity contribution in [1.29, 1.82) is 0 Å². The van der Waals surface area contributed by atoms with Crippen molar-refractivity contribution < 1.29 is 18.3 Å². The van der Waals surface area contributed by atoms with Crippen molar-refractivity contribution in [3.05, 3.63) is 32.7 Å². The molecule has 0 fully saturated rings. The molecule has 0 aliphatic rings. The predicted octanol–water partition coefficient (Wildman–Crippen LogP) is 6.55. The zero-order chi connectivity index (χ0) is 15.6. The van der Waals surface area contributed by atoms with E-state index in [0.717, 1.165) is 6.07 Å². The van der Waals surface area contributed by atoms with Crippen LogP contribution in [0.15, 0.2) is 21.6 Å². The molecule has 0 saturated heterocycles. The number of aromatic hydroxyl groups is 1. The second kappa shape index (κ2) is 10.3. The molecule has 1 aromatic carbocycles. The summed E-state index contributed by atoms with van der Waals surface area (Å²) in [5, 5.41) is 9.32. The molecule has 0 saturated carbocycles. The highest BCUT2D eigenvalue weighted by Crippen LogP contribution is 2.33. The van der Waals surface area contributed by atoms with Crippen molar-refractivity contribution in [2.24, 2.45) is 0 Å². The summed E-state index contributed by atoms with van der Waals surface area (Å²) in [6, 6.07) is 2.80. The SMILES string of the molecule is CC.CC.Oc1cc(C(F)(F)F)ccc1C=C(Br)Br. The fraction of sp³-hybridized carbons (Fsp3) is 0.385. The van der Waals surface area contributed by atoms with E-state index in [-0.39, 0.29) is 0 Å². The van der Waals surface area contributed by atoms with Gasteiger partial charge in [-0.3, -0.25) is 0 Å². The zero-order valence-corrected chi connectivity index (χ0v) is 14.3. The third-order valence-electron chi connectivity index (χ3n) is 1.62. The van der Waals surface area contributed by atoms with E-state index < -0.39 is 17.5 Å². The number of phenolic OH excluding ortho intramolecular Hbond substituents is 1. The molecule has 0 heterocycles. The van der Waals surface area contributed by atoms with E-state index in [1.807, 2.05) is 27.7 Å². The molecule has 1 aromatic rings. The quantitative estimate of drug-likeness (QED) is 0.561. The van der Waals surface area contributed by atoms with Gasteiger partial charge in [0.15, 0.2) is 0 Å². The third-order valence-corrected chi connectivity index (χ3v) is 2.08. The maximum atomic E-state index is 12.2. The Balaban J connectivity index is 0. The van der Waals surface area contributed by atoms with E-state index >= 15 is 0 Å². The van der Waals surface area contributed by atoms with Crippen molar-refractivity contribution in [2.75, 3.05) is 0 Å². The molecule has 0 aliphatic carbocycles. The number of alkyl halides is 3. The topological polar surface area (TPSA) is 20.2 Å². The molecule has 1 nitrogen and oxygen atoms in total. The summed E-state index contributed by atoms with van der Waals surface area (Å²) in [6.45, 7) is 8.00. The normalized spacial score (nSPS) is 9.53. The van der Waals surface area contributed by atoms with Gasteiger partial charge in [0.1, 0.15) is 5.75 Å². The number of phenols is 1. The molecule has 0 spiro atoms. The Morgan fingerprint density at radius 2 is 1.58 bits per heavy atom. The van der Waals surface area contributed by atoms with Crippen LogP contribution in [-0.2, 0) is 6.18 Å². The third kappa shape index (κ3) is 8.31. The number of rotatable bonds is 1. The van der Waals surface area contributed by atoms with Crippen LogP contribution < -0.4 is 0 Å². The lowest BCUT2D eigenvalue weighted by Gasteiger charge is -2.07. The maximum Gasteiger partial charge on any atom is 0.416 e. The van der Waals surface area contributed by atoms with E-state index in [1.165, 1.54) is 12.1 Å². The van der Waals surface area contributed by atoms with E-state index in [9.17, 15) is 18.3 Å². The Bertz CT molecular complexity index is 397. The van der Waals surface area contributed by atoms with Gasteiger partial charge in [-0.2, -0.15) is 13.2 Å². The summed E-state index contributed by atoms with van der Waals surface area (Å²) in [5.74, 6) is -0.416.